The second-order valence-electron chi connectivity index (χ2n) is 4.61. The molecule has 0 spiro atoms. The Balaban J connectivity index is 1.86. The fraction of sp³-hybridized carbons (Fsp3) is 0.545. The fourth-order valence-electron chi connectivity index (χ4n) is 2.30. The van der Waals surface area contributed by atoms with Crippen molar-refractivity contribution in [3.63, 3.8) is 0 Å². The number of carbonyl (C=O) groups excluding carboxylic acids is 1. The van der Waals surface area contributed by atoms with Crippen LogP contribution in [0.3, 0.4) is 0 Å². The van der Waals surface area contributed by atoms with Crippen LogP contribution in [-0.4, -0.2) is 52.0 Å². The number of amides is 1. The molecule has 0 radical (unpaired) electrons. The number of hydrogen-bond acceptors (Lipinski definition) is 6. The van der Waals surface area contributed by atoms with Crippen molar-refractivity contribution in [3.8, 4) is 0 Å². The Morgan fingerprint density at radius 2 is 2.06 bits per heavy atom. The SMILES string of the molecule is CC1=NC2=NC(C3CC(CO)C3O)=NC(=O)C2=N1. The largest absolute Gasteiger partial charge is 0.396 e. The first-order valence-corrected chi connectivity index (χ1v) is 5.75. The maximum absolute atomic E-state index is 11.7. The highest BCUT2D eigenvalue weighted by Crippen LogP contribution is 2.36. The van der Waals surface area contributed by atoms with E-state index in [0.717, 1.165) is 0 Å². The van der Waals surface area contributed by atoms with Crippen molar-refractivity contribution < 1.29 is 15.0 Å². The number of nitrogens with zero attached hydrogens (tertiary/aromatic N) is 4. The van der Waals surface area contributed by atoms with E-state index in [4.69, 9.17) is 5.11 Å². The molecular weight excluding hydrogens is 236 g/mol. The highest BCUT2D eigenvalue weighted by atomic mass is 16.3. The average molecular weight is 248 g/mol. The number of amidine groups is 3. The lowest BCUT2D eigenvalue weighted by molar-refractivity contribution is -0.111. The van der Waals surface area contributed by atoms with Crippen molar-refractivity contribution in [2.75, 3.05) is 6.61 Å². The molecule has 0 aromatic heterocycles. The summed E-state index contributed by atoms with van der Waals surface area (Å²) in [4.78, 5) is 27.7. The lowest BCUT2D eigenvalue weighted by Gasteiger charge is -2.39. The maximum atomic E-state index is 11.7. The van der Waals surface area contributed by atoms with Gasteiger partial charge in [0.15, 0.2) is 11.5 Å². The zero-order chi connectivity index (χ0) is 12.9. The summed E-state index contributed by atoms with van der Waals surface area (Å²) < 4.78 is 0. The topological polar surface area (TPSA) is 107 Å². The van der Waals surface area contributed by atoms with Crippen molar-refractivity contribution >= 4 is 29.1 Å². The molecular formula is C11H12N4O3. The first kappa shape index (κ1) is 11.4. The second-order valence-corrected chi connectivity index (χ2v) is 4.61. The number of carbonyl (C=O) groups is 1. The fourth-order valence-corrected chi connectivity index (χ4v) is 2.30. The van der Waals surface area contributed by atoms with Crippen molar-refractivity contribution in [1.82, 2.24) is 0 Å². The van der Waals surface area contributed by atoms with Gasteiger partial charge in [-0.15, -0.1) is 0 Å². The van der Waals surface area contributed by atoms with Crippen molar-refractivity contribution in [3.05, 3.63) is 0 Å². The Hall–Kier alpha value is -1.73. The molecule has 1 amide bonds. The van der Waals surface area contributed by atoms with E-state index in [2.05, 4.69) is 20.0 Å². The Morgan fingerprint density at radius 3 is 2.72 bits per heavy atom. The molecule has 3 atom stereocenters. The van der Waals surface area contributed by atoms with Gasteiger partial charge in [-0.3, -0.25) is 4.79 Å². The first-order valence-electron chi connectivity index (χ1n) is 5.75. The smallest absolute Gasteiger partial charge is 0.301 e. The van der Waals surface area contributed by atoms with Gasteiger partial charge in [0.05, 0.1) is 6.10 Å². The molecule has 7 heteroatoms. The molecule has 7 nitrogen and oxygen atoms in total. The Bertz CT molecular complexity index is 546. The van der Waals surface area contributed by atoms with Crippen LogP contribution in [0.25, 0.3) is 0 Å². The van der Waals surface area contributed by atoms with Gasteiger partial charge in [-0.2, -0.15) is 4.99 Å². The van der Waals surface area contributed by atoms with E-state index >= 15 is 0 Å². The van der Waals surface area contributed by atoms with Gasteiger partial charge >= 0.3 is 5.91 Å². The second kappa shape index (κ2) is 3.89. The van der Waals surface area contributed by atoms with Crippen LogP contribution in [-0.2, 0) is 4.79 Å². The summed E-state index contributed by atoms with van der Waals surface area (Å²) in [6.45, 7) is 1.61. The number of hydrogen-bond donors (Lipinski definition) is 2. The van der Waals surface area contributed by atoms with Gasteiger partial charge in [0.1, 0.15) is 11.7 Å². The van der Waals surface area contributed by atoms with Crippen molar-refractivity contribution in [2.24, 2.45) is 31.8 Å². The van der Waals surface area contributed by atoms with Gasteiger partial charge in [0.25, 0.3) is 0 Å². The lowest BCUT2D eigenvalue weighted by Crippen LogP contribution is -2.48. The summed E-state index contributed by atoms with van der Waals surface area (Å²) in [6.07, 6.45) is -0.119. The molecule has 18 heavy (non-hydrogen) atoms. The number of rotatable bonds is 2. The minimum Gasteiger partial charge on any atom is -0.396 e. The van der Waals surface area contributed by atoms with Crippen LogP contribution in [0, 0.1) is 11.8 Å². The van der Waals surface area contributed by atoms with E-state index in [-0.39, 0.29) is 30.0 Å². The summed E-state index contributed by atoms with van der Waals surface area (Å²) in [7, 11) is 0. The molecule has 94 valence electrons. The van der Waals surface area contributed by atoms with Crippen molar-refractivity contribution in [1.29, 1.82) is 0 Å². The van der Waals surface area contributed by atoms with E-state index < -0.39 is 12.0 Å². The minimum absolute atomic E-state index is 0.0700. The van der Waals surface area contributed by atoms with E-state index in [1.807, 2.05) is 0 Å². The van der Waals surface area contributed by atoms with Gasteiger partial charge in [-0.05, 0) is 13.3 Å². The predicted molar refractivity (Wildman–Crippen MR) is 65.1 cm³/mol. The quantitative estimate of drug-likeness (QED) is 0.667. The average Bonchev–Trinajstić information content (AvgIpc) is 2.69. The van der Waals surface area contributed by atoms with Gasteiger partial charge in [-0.25, -0.2) is 15.0 Å². The molecule has 1 saturated carbocycles. The van der Waals surface area contributed by atoms with Gasteiger partial charge < -0.3 is 10.2 Å². The molecule has 0 saturated heterocycles. The third kappa shape index (κ3) is 1.55. The van der Waals surface area contributed by atoms with Crippen LogP contribution in [0.1, 0.15) is 13.3 Å². The molecule has 2 N–H and O–H groups in total. The molecule has 0 bridgehead atoms. The third-order valence-corrected chi connectivity index (χ3v) is 3.41. The zero-order valence-electron chi connectivity index (χ0n) is 9.74. The van der Waals surface area contributed by atoms with Crippen LogP contribution in [0.5, 0.6) is 0 Å². The number of aliphatic imine (C=N–C) groups is 4. The van der Waals surface area contributed by atoms with Crippen molar-refractivity contribution in [2.45, 2.75) is 19.4 Å². The monoisotopic (exact) mass is 248 g/mol. The molecule has 3 rings (SSSR count). The standard InChI is InChI=1S/C11H12N4O3/c1-4-12-7-10(13-4)14-9(15-11(7)18)6-2-5(3-16)8(6)17/h5-6,8,16-17H,2-3H2,1H3. The zero-order valence-corrected chi connectivity index (χ0v) is 9.74. The van der Waals surface area contributed by atoms with E-state index in [9.17, 15) is 9.90 Å². The van der Waals surface area contributed by atoms with Crippen LogP contribution in [0.15, 0.2) is 20.0 Å². The highest BCUT2D eigenvalue weighted by Gasteiger charge is 2.44. The number of aliphatic hydroxyl groups is 2. The van der Waals surface area contributed by atoms with E-state index in [0.29, 0.717) is 18.1 Å². The normalized spacial score (nSPS) is 34.2. The summed E-state index contributed by atoms with van der Waals surface area (Å²) in [5.74, 6) is 0.145. The Kier molecular flexibility index (Phi) is 2.46. The number of aliphatic hydroxyl groups excluding tert-OH is 2. The molecule has 2 aliphatic heterocycles. The molecule has 0 aromatic rings. The molecule has 2 heterocycles. The van der Waals surface area contributed by atoms with Crippen LogP contribution in [0.2, 0.25) is 0 Å². The minimum atomic E-state index is -0.698. The molecule has 3 aliphatic rings. The molecule has 1 fully saturated rings. The van der Waals surface area contributed by atoms with E-state index in [1.165, 1.54) is 0 Å². The molecule has 0 aromatic carbocycles. The first-order chi connectivity index (χ1) is 8.60. The highest BCUT2D eigenvalue weighted by molar-refractivity contribution is 6.72. The van der Waals surface area contributed by atoms with Crippen LogP contribution < -0.4 is 0 Å². The predicted octanol–water partition coefficient (Wildman–Crippen LogP) is -0.814. The summed E-state index contributed by atoms with van der Waals surface area (Å²) >= 11 is 0. The van der Waals surface area contributed by atoms with Gasteiger partial charge in [0.2, 0.25) is 0 Å². The van der Waals surface area contributed by atoms with Crippen LogP contribution in [0.4, 0.5) is 0 Å². The summed E-state index contributed by atoms with van der Waals surface area (Å²) in [5, 5.41) is 18.8. The molecule has 3 unspecified atom stereocenters. The van der Waals surface area contributed by atoms with Gasteiger partial charge in [0, 0.05) is 18.4 Å². The summed E-state index contributed by atoms with van der Waals surface area (Å²) in [6, 6.07) is 0. The molecule has 1 aliphatic carbocycles. The Labute approximate surface area is 103 Å². The third-order valence-electron chi connectivity index (χ3n) is 3.41. The van der Waals surface area contributed by atoms with Gasteiger partial charge in [-0.1, -0.05) is 0 Å². The maximum Gasteiger partial charge on any atom is 0.301 e. The summed E-state index contributed by atoms with van der Waals surface area (Å²) in [5.41, 5.74) is 0.170. The van der Waals surface area contributed by atoms with Crippen LogP contribution >= 0.6 is 0 Å². The Morgan fingerprint density at radius 1 is 1.28 bits per heavy atom. The number of fused-ring (bicyclic) bond motifs is 1. The van der Waals surface area contributed by atoms with E-state index in [1.54, 1.807) is 6.92 Å². The lowest BCUT2D eigenvalue weighted by atomic mass is 9.71.